The Morgan fingerprint density at radius 1 is 0.545 bits per heavy atom. The maximum Gasteiger partial charge on any atom is 0.411 e. The molecule has 8 aromatic rings. The highest BCUT2D eigenvalue weighted by Gasteiger charge is 2.72. The topological polar surface area (TPSA) is 268 Å². The molecule has 6 heterocycles. The van der Waals surface area contributed by atoms with Crippen LogP contribution in [0.3, 0.4) is 0 Å². The molecule has 0 unspecified atom stereocenters. The lowest BCUT2D eigenvalue weighted by molar-refractivity contribution is -0.288. The van der Waals surface area contributed by atoms with Crippen LogP contribution in [-0.4, -0.2) is 127 Å². The first-order valence-corrected chi connectivity index (χ1v) is 31.7. The van der Waals surface area contributed by atoms with Crippen molar-refractivity contribution in [2.24, 2.45) is 0 Å². The molecule has 0 saturated carbocycles. The number of fused-ring (bicyclic) bond motifs is 2. The number of alkyl halides is 6. The molecule has 2 aliphatic heterocycles. The summed E-state index contributed by atoms with van der Waals surface area (Å²) in [6, 6.07) is 14.8. The molecule has 2 aliphatic rings. The molecule has 0 radical (unpaired) electrons. The SMILES string of the molecule is CN[C@@H](C)C(=O)N[C@H](C(=O)N1CC(C)(C)c2[nH]c(=O)c(Cc3ccc(F)cc3)cc21)[C@H](C)n1cc(COc2ccc(C(c3ccc(OCc4cn([C@@H](C)[C@H](NC(=O)[C@H](C)NC)C(=O)N5CC(C)(C)c6[nH]c(=O)c(Cc7ccc(F)cc7)cc65)nn4)cc3)(C(F)(F)F)C(F)(F)F)cc2)nn1. The fourth-order valence-corrected chi connectivity index (χ4v) is 12.3. The van der Waals surface area contributed by atoms with Crippen molar-refractivity contribution in [3.63, 3.8) is 0 Å². The van der Waals surface area contributed by atoms with Crippen LogP contribution in [0.25, 0.3) is 0 Å². The van der Waals surface area contributed by atoms with Crippen LogP contribution in [0.2, 0.25) is 0 Å². The van der Waals surface area contributed by atoms with Gasteiger partial charge in [0.05, 0.1) is 47.9 Å². The molecule has 6 N–H and O–H groups in total. The number of carbonyl (C=O) groups is 4. The van der Waals surface area contributed by atoms with E-state index >= 15 is 26.3 Å². The van der Waals surface area contributed by atoms with Gasteiger partial charge in [-0.3, -0.25) is 28.8 Å². The van der Waals surface area contributed by atoms with Crippen LogP contribution in [0.5, 0.6) is 11.5 Å². The van der Waals surface area contributed by atoms with Gasteiger partial charge in [0.2, 0.25) is 17.2 Å². The number of halogens is 8. The molecular weight excluding hydrogens is 1300 g/mol. The van der Waals surface area contributed by atoms with Gasteiger partial charge >= 0.3 is 12.4 Å². The Hall–Kier alpha value is -10.1. The van der Waals surface area contributed by atoms with Crippen molar-refractivity contribution in [2.75, 3.05) is 37.0 Å². The molecule has 0 saturated heterocycles. The Labute approximate surface area is 562 Å². The number of carbonyl (C=O) groups excluding carboxylic acids is 4. The van der Waals surface area contributed by atoms with Gasteiger partial charge in [0.25, 0.3) is 22.9 Å². The number of aromatic nitrogens is 8. The molecule has 6 atom stereocenters. The number of hydrogen-bond acceptors (Lipinski definition) is 14. The van der Waals surface area contributed by atoms with E-state index in [1.165, 1.54) is 55.8 Å². The Kier molecular flexibility index (Phi) is 20.3. The predicted molar refractivity (Wildman–Crippen MR) is 348 cm³/mol. The van der Waals surface area contributed by atoms with Gasteiger partial charge < -0.3 is 50.5 Å². The van der Waals surface area contributed by atoms with Crippen molar-refractivity contribution in [3.8, 4) is 11.5 Å². The predicted octanol–water partition coefficient (Wildman–Crippen LogP) is 8.23. The van der Waals surface area contributed by atoms with Gasteiger partial charge in [-0.1, -0.05) is 86.7 Å². The quantitative estimate of drug-likeness (QED) is 0.0311. The number of nitrogens with one attached hydrogen (secondary N) is 6. The Morgan fingerprint density at radius 2 is 0.889 bits per heavy atom. The number of nitrogens with zero attached hydrogens (tertiary/aromatic N) is 8. The molecule has 524 valence electrons. The lowest BCUT2D eigenvalue weighted by Gasteiger charge is -2.38. The normalized spacial score (nSPS) is 16.1. The third kappa shape index (κ3) is 14.7. The second-order valence-electron chi connectivity index (χ2n) is 26.2. The molecular formula is C69H74F8N14O8. The monoisotopic (exact) mass is 1380 g/mol. The van der Waals surface area contributed by atoms with Crippen LogP contribution in [0.4, 0.5) is 46.5 Å². The number of aromatic amines is 2. The standard InChI is InChI=1S/C69H74F8N14O8/c1-37(78-9)59(92)80-55(63(96)88-35-65(5,6)57-53(88)29-43(61(94)82-57)27-41-11-19-47(70)20-12-41)39(3)90-31-49(84-86-90)33-98-51-23-15-45(16-24-51)67(68(72,73)74,69(75,76)77)46-17-25-52(26-18-46)99-34-50-32-91(87-85-50)40(4)56(81-60(93)38(2)79-10)64(97)89-36-66(7,8)58-54(89)30-44(62(95)83-58)28-42-13-21-48(71)22-14-42/h11-26,29-32,37-40,55-56,78-79H,27-28,33-36H2,1-10H3,(H,80,92)(H,81,93)(H,82,94)(H,83,95)/t37-,38-,39-,40-,55-,56-/m0/s1. The molecule has 0 bridgehead atoms. The lowest BCUT2D eigenvalue weighted by Crippen LogP contribution is -2.55. The Morgan fingerprint density at radius 3 is 1.21 bits per heavy atom. The van der Waals surface area contributed by atoms with Crippen molar-refractivity contribution in [1.82, 2.24) is 61.2 Å². The van der Waals surface area contributed by atoms with E-state index in [0.717, 1.165) is 24.3 Å². The number of H-pyrrole nitrogens is 2. The third-order valence-corrected chi connectivity index (χ3v) is 18.3. The Bertz CT molecular complexity index is 4120. The number of rotatable bonds is 24. The minimum absolute atomic E-state index is 0.0995. The molecule has 0 aliphatic carbocycles. The third-order valence-electron chi connectivity index (χ3n) is 18.3. The number of likely N-dealkylation sites (N-methyl/N-ethyl adjacent to an activating group) is 2. The van der Waals surface area contributed by atoms with Gasteiger partial charge in [-0.05, 0) is 125 Å². The molecule has 22 nitrogen and oxygen atoms in total. The summed E-state index contributed by atoms with van der Waals surface area (Å²) in [7, 11) is 3.12. The first-order valence-electron chi connectivity index (χ1n) is 31.7. The number of hydrogen-bond donors (Lipinski definition) is 6. The van der Waals surface area contributed by atoms with Crippen molar-refractivity contribution in [2.45, 2.75) is 146 Å². The zero-order valence-corrected chi connectivity index (χ0v) is 55.6. The second-order valence-corrected chi connectivity index (χ2v) is 26.2. The van der Waals surface area contributed by atoms with Crippen LogP contribution >= 0.6 is 0 Å². The highest BCUT2D eigenvalue weighted by atomic mass is 19.4. The first kappa shape index (κ1) is 71.7. The van der Waals surface area contributed by atoms with E-state index < -0.39 is 136 Å². The fraction of sp³-hybridized carbons (Fsp3) is 0.391. The smallest absolute Gasteiger partial charge is 0.411 e. The van der Waals surface area contributed by atoms with E-state index in [1.807, 2.05) is 27.7 Å². The van der Waals surface area contributed by atoms with E-state index in [1.54, 1.807) is 78.2 Å². The highest BCUT2D eigenvalue weighted by Crippen LogP contribution is 2.56. The molecule has 4 aromatic heterocycles. The average molecular weight is 1380 g/mol. The molecule has 10 rings (SSSR count). The minimum Gasteiger partial charge on any atom is -0.487 e. The first-order chi connectivity index (χ1) is 46.6. The summed E-state index contributed by atoms with van der Waals surface area (Å²) in [6.45, 7) is 13.1. The van der Waals surface area contributed by atoms with Gasteiger partial charge in [-0.25, -0.2) is 18.1 Å². The second kappa shape index (κ2) is 28.0. The maximum absolute atomic E-state index is 15.4. The van der Waals surface area contributed by atoms with Gasteiger partial charge in [0.15, 0.2) is 0 Å². The summed E-state index contributed by atoms with van der Waals surface area (Å²) in [5, 5.41) is 28.0. The molecule has 4 amide bonds. The Balaban J connectivity index is 0.824. The van der Waals surface area contributed by atoms with Crippen molar-refractivity contribution < 1.29 is 63.8 Å². The minimum atomic E-state index is -5.96. The van der Waals surface area contributed by atoms with Crippen LogP contribution in [-0.2, 0) is 61.5 Å². The number of benzene rings is 4. The van der Waals surface area contributed by atoms with Crippen molar-refractivity contribution >= 4 is 35.0 Å². The highest BCUT2D eigenvalue weighted by molar-refractivity contribution is 6.03. The van der Waals surface area contributed by atoms with Crippen LogP contribution < -0.4 is 51.7 Å². The molecule has 4 aromatic carbocycles. The van der Waals surface area contributed by atoms with Gasteiger partial charge in [0, 0.05) is 59.3 Å². The average Bonchev–Trinajstić information content (AvgIpc) is 1.52. The van der Waals surface area contributed by atoms with E-state index in [9.17, 15) is 37.5 Å². The summed E-state index contributed by atoms with van der Waals surface area (Å²) in [6.07, 6.45) is -8.88. The van der Waals surface area contributed by atoms with E-state index in [0.29, 0.717) is 69.3 Å². The lowest BCUT2D eigenvalue weighted by atomic mass is 9.73. The van der Waals surface area contributed by atoms with Crippen LogP contribution in [0.15, 0.2) is 131 Å². The van der Waals surface area contributed by atoms with E-state index in [4.69, 9.17) is 9.47 Å². The van der Waals surface area contributed by atoms with Gasteiger partial charge in [-0.2, -0.15) is 26.3 Å². The zero-order chi connectivity index (χ0) is 71.8. The summed E-state index contributed by atoms with van der Waals surface area (Å²) >= 11 is 0. The summed E-state index contributed by atoms with van der Waals surface area (Å²) in [4.78, 5) is 92.3. The van der Waals surface area contributed by atoms with Crippen molar-refractivity contribution in [1.29, 1.82) is 0 Å². The zero-order valence-electron chi connectivity index (χ0n) is 55.6. The molecule has 0 fully saturated rings. The molecule has 99 heavy (non-hydrogen) atoms. The summed E-state index contributed by atoms with van der Waals surface area (Å²) in [5.41, 5.74) is -5.35. The van der Waals surface area contributed by atoms with Crippen LogP contribution in [0.1, 0.15) is 124 Å². The van der Waals surface area contributed by atoms with Gasteiger partial charge in [0.1, 0.15) is 59.8 Å². The van der Waals surface area contributed by atoms with E-state index in [-0.39, 0.29) is 48.8 Å². The fourth-order valence-electron chi connectivity index (χ4n) is 12.3. The number of pyridine rings is 2. The van der Waals surface area contributed by atoms with E-state index in [2.05, 4.69) is 51.9 Å². The molecule has 0 spiro atoms. The van der Waals surface area contributed by atoms with Crippen LogP contribution in [0, 0.1) is 11.6 Å². The molecule has 30 heteroatoms. The van der Waals surface area contributed by atoms with Crippen molar-refractivity contribution in [3.05, 3.63) is 210 Å². The maximum atomic E-state index is 15.4. The summed E-state index contributed by atoms with van der Waals surface area (Å²) in [5.74, 6) is -3.41. The number of amides is 4. The van der Waals surface area contributed by atoms with Gasteiger partial charge in [-0.15, -0.1) is 10.2 Å². The largest absolute Gasteiger partial charge is 0.487 e. The number of ether oxygens (including phenoxy) is 2. The number of anilines is 2. The summed E-state index contributed by atoms with van der Waals surface area (Å²) < 4.78 is 134.